The van der Waals surface area contributed by atoms with Crippen LogP contribution >= 0.6 is 24.0 Å². The number of aliphatic imine (C=N–C) groups is 1. The number of benzene rings is 2. The van der Waals surface area contributed by atoms with E-state index in [1.807, 2.05) is 0 Å². The summed E-state index contributed by atoms with van der Waals surface area (Å²) >= 11 is 5.55. The highest BCUT2D eigenvalue weighted by Gasteiger charge is 2.39. The van der Waals surface area contributed by atoms with Crippen molar-refractivity contribution in [2.45, 2.75) is 13.8 Å². The molecule has 16 heteroatoms. The van der Waals surface area contributed by atoms with E-state index in [1.165, 1.54) is 13.8 Å². The standard InChI is InChI=1S/C16H12O6.C6H8ClN7O.ClH/c1-5-3-7(17)9-11(13(5)19)15(21)10-8(18)4-6(2)14(20)12(10)16(9)22;7-2-4(9)13-3(8)1(12-2)5(15)14-6(10)11;/h3-4,17-20H,1-2H3;(H4,8,9,13)(H4,10,11,14,15);1H. The molecule has 1 amide bonds. The molecule has 12 N–H and O–H groups in total. The van der Waals surface area contributed by atoms with Gasteiger partial charge in [-0.3, -0.25) is 14.4 Å². The number of guanidine groups is 1. The normalized spacial score (nSPS) is 11.3. The number of aromatic nitrogens is 2. The van der Waals surface area contributed by atoms with Crippen LogP contribution in [0.1, 0.15) is 53.5 Å². The Kier molecular flexibility index (Phi) is 8.25. The Morgan fingerprint density at radius 2 is 1.24 bits per heavy atom. The molecule has 1 aromatic heterocycles. The minimum absolute atomic E-state index is 0. The number of ketones is 2. The molecule has 0 spiro atoms. The van der Waals surface area contributed by atoms with Crippen LogP contribution in [-0.2, 0) is 0 Å². The van der Waals surface area contributed by atoms with Gasteiger partial charge in [0.25, 0.3) is 0 Å². The van der Waals surface area contributed by atoms with E-state index in [-0.39, 0.29) is 68.3 Å². The molecule has 1 aliphatic rings. The fourth-order valence-electron chi connectivity index (χ4n) is 3.50. The fourth-order valence-corrected chi connectivity index (χ4v) is 3.63. The Hall–Kier alpha value is -4.82. The molecule has 1 aliphatic carbocycles. The molecule has 1 heterocycles. The number of hydrogen-bond donors (Lipinski definition) is 8. The lowest BCUT2D eigenvalue weighted by Gasteiger charge is -2.22. The second-order valence-electron chi connectivity index (χ2n) is 7.76. The molecule has 0 fully saturated rings. The third-order valence-corrected chi connectivity index (χ3v) is 5.46. The van der Waals surface area contributed by atoms with Gasteiger partial charge in [0, 0.05) is 0 Å². The highest BCUT2D eigenvalue weighted by Crippen LogP contribution is 2.45. The molecule has 0 radical (unpaired) electrons. The monoisotopic (exact) mass is 565 g/mol. The van der Waals surface area contributed by atoms with Crippen LogP contribution in [0.4, 0.5) is 11.6 Å². The van der Waals surface area contributed by atoms with Crippen molar-refractivity contribution in [1.82, 2.24) is 9.97 Å². The molecule has 0 bridgehead atoms. The summed E-state index contributed by atoms with van der Waals surface area (Å²) in [4.78, 5) is 46.9. The Labute approximate surface area is 225 Å². The van der Waals surface area contributed by atoms with Crippen molar-refractivity contribution in [2.75, 3.05) is 11.5 Å². The zero-order chi connectivity index (χ0) is 27.9. The molecule has 200 valence electrons. The quantitative estimate of drug-likeness (QED) is 0.0909. The first-order valence-electron chi connectivity index (χ1n) is 10.1. The molecule has 14 nitrogen and oxygen atoms in total. The number of hydrogen-bond acceptors (Lipinski definition) is 11. The van der Waals surface area contributed by atoms with Gasteiger partial charge in [0.05, 0.1) is 22.3 Å². The van der Waals surface area contributed by atoms with Gasteiger partial charge in [-0.2, -0.15) is 4.99 Å². The summed E-state index contributed by atoms with van der Waals surface area (Å²) in [7, 11) is 0. The van der Waals surface area contributed by atoms with Crippen LogP contribution < -0.4 is 22.9 Å². The minimum atomic E-state index is -0.832. The molecule has 0 saturated carbocycles. The van der Waals surface area contributed by atoms with Crippen molar-refractivity contribution in [3.05, 3.63) is 56.4 Å². The lowest BCUT2D eigenvalue weighted by atomic mass is 9.80. The van der Waals surface area contributed by atoms with Gasteiger partial charge in [-0.1, -0.05) is 11.6 Å². The van der Waals surface area contributed by atoms with Crippen molar-refractivity contribution in [2.24, 2.45) is 16.5 Å². The van der Waals surface area contributed by atoms with E-state index in [0.29, 0.717) is 0 Å². The van der Waals surface area contributed by atoms with Crippen LogP contribution in [0.2, 0.25) is 5.15 Å². The number of nitrogen functional groups attached to an aromatic ring is 2. The van der Waals surface area contributed by atoms with Crippen molar-refractivity contribution in [3.63, 3.8) is 0 Å². The zero-order valence-corrected chi connectivity index (χ0v) is 21.2. The highest BCUT2D eigenvalue weighted by atomic mass is 35.5. The van der Waals surface area contributed by atoms with Gasteiger partial charge in [0.2, 0.25) is 11.6 Å². The largest absolute Gasteiger partial charge is 0.507 e. The first kappa shape index (κ1) is 29.4. The fraction of sp³-hybridized carbons (Fsp3) is 0.0909. The van der Waals surface area contributed by atoms with Crippen molar-refractivity contribution in [3.8, 4) is 23.0 Å². The molecular weight excluding hydrogens is 545 g/mol. The first-order valence-corrected chi connectivity index (χ1v) is 10.5. The minimum Gasteiger partial charge on any atom is -0.507 e. The Bertz CT molecular complexity index is 1480. The van der Waals surface area contributed by atoms with E-state index in [2.05, 4.69) is 15.0 Å². The molecule has 0 saturated heterocycles. The Morgan fingerprint density at radius 1 is 0.816 bits per heavy atom. The second-order valence-corrected chi connectivity index (χ2v) is 8.11. The third-order valence-electron chi connectivity index (χ3n) is 5.19. The average molecular weight is 566 g/mol. The zero-order valence-electron chi connectivity index (χ0n) is 19.6. The lowest BCUT2D eigenvalue weighted by molar-refractivity contribution is 0.0969. The second kappa shape index (κ2) is 10.7. The third kappa shape index (κ3) is 5.02. The molecule has 38 heavy (non-hydrogen) atoms. The topological polar surface area (TPSA) is 274 Å². The molecule has 4 rings (SSSR count). The van der Waals surface area contributed by atoms with Crippen molar-refractivity contribution < 1.29 is 34.8 Å². The van der Waals surface area contributed by atoms with Crippen LogP contribution in [0.15, 0.2) is 17.1 Å². The maximum absolute atomic E-state index is 12.6. The number of amides is 1. The number of halogens is 2. The number of aryl methyl sites for hydroxylation is 2. The van der Waals surface area contributed by atoms with Gasteiger partial charge >= 0.3 is 5.91 Å². The van der Waals surface area contributed by atoms with Crippen LogP contribution in [0.3, 0.4) is 0 Å². The number of carbonyl (C=O) groups is 3. The molecule has 2 aromatic carbocycles. The van der Waals surface area contributed by atoms with Gasteiger partial charge in [-0.15, -0.1) is 12.4 Å². The number of anilines is 2. The highest BCUT2D eigenvalue weighted by molar-refractivity contribution is 6.32. The lowest BCUT2D eigenvalue weighted by Crippen LogP contribution is -2.24. The van der Waals surface area contributed by atoms with Gasteiger partial charge in [-0.05, 0) is 37.1 Å². The number of carbonyl (C=O) groups excluding carboxylic acids is 3. The molecule has 0 unspecified atom stereocenters. The van der Waals surface area contributed by atoms with Crippen LogP contribution in [-0.4, -0.2) is 53.8 Å². The number of phenolic OH excluding ortho intramolecular Hbond substituents is 4. The summed E-state index contributed by atoms with van der Waals surface area (Å²) in [6.07, 6.45) is 0. The number of phenols is 4. The van der Waals surface area contributed by atoms with Gasteiger partial charge < -0.3 is 43.4 Å². The van der Waals surface area contributed by atoms with Crippen LogP contribution in [0.25, 0.3) is 0 Å². The summed E-state index contributed by atoms with van der Waals surface area (Å²) < 4.78 is 0. The first-order chi connectivity index (χ1) is 17.2. The van der Waals surface area contributed by atoms with E-state index in [1.54, 1.807) is 0 Å². The number of aromatic hydroxyl groups is 4. The van der Waals surface area contributed by atoms with E-state index in [0.717, 1.165) is 12.1 Å². The average Bonchev–Trinajstić information content (AvgIpc) is 2.79. The van der Waals surface area contributed by atoms with Gasteiger partial charge in [-0.25, -0.2) is 9.97 Å². The van der Waals surface area contributed by atoms with Crippen molar-refractivity contribution in [1.29, 1.82) is 0 Å². The molecular formula is C22H21Cl2N7O7. The number of fused-ring (bicyclic) bond motifs is 2. The SMILES string of the molecule is Cc1cc(O)c2c(c1O)C(=O)c1c(O)cc(C)c(O)c1C2=O.Cl.NC(N)=NC(=O)c1nc(Cl)c(N)nc1N. The number of rotatable bonds is 1. The smallest absolute Gasteiger partial charge is 0.302 e. The summed E-state index contributed by atoms with van der Waals surface area (Å²) in [6, 6.07) is 2.33. The van der Waals surface area contributed by atoms with E-state index in [9.17, 15) is 34.8 Å². The Balaban J connectivity index is 0.000000280. The molecule has 3 aromatic rings. The molecule has 0 atom stereocenters. The summed E-state index contributed by atoms with van der Waals surface area (Å²) in [5.74, 6) is -4.95. The van der Waals surface area contributed by atoms with Gasteiger partial charge in [0.1, 0.15) is 23.0 Å². The predicted octanol–water partition coefficient (Wildman–Crippen LogP) is 1.03. The van der Waals surface area contributed by atoms with Gasteiger partial charge in [0.15, 0.2) is 28.4 Å². The summed E-state index contributed by atoms with van der Waals surface area (Å²) in [6.45, 7) is 2.93. The molecule has 0 aliphatic heterocycles. The maximum atomic E-state index is 12.6. The summed E-state index contributed by atoms with van der Waals surface area (Å²) in [5, 5.41) is 39.9. The van der Waals surface area contributed by atoms with E-state index in [4.69, 9.17) is 34.5 Å². The van der Waals surface area contributed by atoms with E-state index < -0.39 is 46.4 Å². The maximum Gasteiger partial charge on any atom is 0.302 e. The summed E-state index contributed by atoms with van der Waals surface area (Å²) in [5.41, 5.74) is 19.4. The van der Waals surface area contributed by atoms with Crippen molar-refractivity contribution >= 4 is 59.1 Å². The predicted molar refractivity (Wildman–Crippen MR) is 139 cm³/mol. The number of nitrogens with two attached hydrogens (primary N) is 4. The van der Waals surface area contributed by atoms with Crippen LogP contribution in [0.5, 0.6) is 23.0 Å². The Morgan fingerprint density at radius 3 is 1.63 bits per heavy atom. The van der Waals surface area contributed by atoms with E-state index >= 15 is 0 Å². The number of nitrogens with zero attached hydrogens (tertiary/aromatic N) is 3. The van der Waals surface area contributed by atoms with Crippen LogP contribution in [0, 0.1) is 13.8 Å².